The molecule has 0 atom stereocenters. The fraction of sp³-hybridized carbons (Fsp3) is 0.129. The van der Waals surface area contributed by atoms with Crippen molar-refractivity contribution in [2.75, 3.05) is 6.61 Å². The average Bonchev–Trinajstić information content (AvgIpc) is 3.74. The van der Waals surface area contributed by atoms with E-state index in [-0.39, 0.29) is 19.0 Å². The van der Waals surface area contributed by atoms with E-state index in [9.17, 15) is 4.79 Å². The first-order chi connectivity index (χ1) is 19.7. The van der Waals surface area contributed by atoms with Gasteiger partial charge in [0, 0.05) is 19.0 Å². The Morgan fingerprint density at radius 3 is 1.63 bits per heavy atom. The number of halogens is 1. The number of furan rings is 2. The number of nitrogens with two attached hydrogens (primary N) is 1. The van der Waals surface area contributed by atoms with Gasteiger partial charge < -0.3 is 18.8 Å². The van der Waals surface area contributed by atoms with Gasteiger partial charge in [-0.2, -0.15) is 0 Å². The summed E-state index contributed by atoms with van der Waals surface area (Å²) in [4.78, 5) is 23.1. The molecule has 218 valence electrons. The SMILES string of the molecule is C(=N\OCc1ccccc1)/c1ccco1.CCO.Cl.NOCc1ccccc1.O=Cc1ccco1.c1ccncc1. The minimum atomic E-state index is 0. The van der Waals surface area contributed by atoms with Crippen molar-refractivity contribution < 1.29 is 28.4 Å². The second-order valence-corrected chi connectivity index (χ2v) is 7.28. The van der Waals surface area contributed by atoms with Crippen LogP contribution in [0.25, 0.3) is 0 Å². The van der Waals surface area contributed by atoms with Crippen LogP contribution in [-0.2, 0) is 22.9 Å². The normalized spacial score (nSPS) is 9.05. The molecule has 0 saturated carbocycles. The molecule has 3 N–H and O–H groups in total. The zero-order valence-corrected chi connectivity index (χ0v) is 23.6. The number of aromatic nitrogens is 1. The van der Waals surface area contributed by atoms with Crippen LogP contribution in [0.5, 0.6) is 0 Å². The second-order valence-electron chi connectivity index (χ2n) is 7.28. The minimum Gasteiger partial charge on any atom is -0.463 e. The van der Waals surface area contributed by atoms with E-state index in [0.29, 0.717) is 31.0 Å². The van der Waals surface area contributed by atoms with Crippen molar-refractivity contribution in [1.82, 2.24) is 4.98 Å². The van der Waals surface area contributed by atoms with E-state index < -0.39 is 0 Å². The predicted octanol–water partition coefficient (Wildman–Crippen LogP) is 6.50. The predicted molar refractivity (Wildman–Crippen MR) is 161 cm³/mol. The number of hydrogen-bond acceptors (Lipinski definition) is 9. The van der Waals surface area contributed by atoms with Gasteiger partial charge in [0.2, 0.25) is 0 Å². The molecule has 0 aliphatic rings. The van der Waals surface area contributed by atoms with E-state index in [1.165, 1.54) is 6.26 Å². The highest BCUT2D eigenvalue weighted by Crippen LogP contribution is 2.01. The minimum absolute atomic E-state index is 0. The Kier molecular flexibility index (Phi) is 24.0. The van der Waals surface area contributed by atoms with Crippen molar-refractivity contribution in [3.8, 4) is 0 Å². The van der Waals surface area contributed by atoms with Crippen LogP contribution in [0.1, 0.15) is 34.4 Å². The van der Waals surface area contributed by atoms with Crippen LogP contribution in [0.15, 0.2) is 142 Å². The van der Waals surface area contributed by atoms with Gasteiger partial charge in [0.15, 0.2) is 12.0 Å². The average molecular weight is 582 g/mol. The molecule has 3 aromatic heterocycles. The lowest BCUT2D eigenvalue weighted by Gasteiger charge is -1.97. The molecule has 0 unspecified atom stereocenters. The van der Waals surface area contributed by atoms with Gasteiger partial charge in [-0.1, -0.05) is 71.9 Å². The van der Waals surface area contributed by atoms with Gasteiger partial charge >= 0.3 is 0 Å². The highest BCUT2D eigenvalue weighted by molar-refractivity contribution is 5.85. The molecular formula is C31H36ClN3O6. The molecule has 0 aliphatic carbocycles. The summed E-state index contributed by atoms with van der Waals surface area (Å²) in [6.07, 6.45) is 8.77. The van der Waals surface area contributed by atoms with E-state index >= 15 is 0 Å². The third kappa shape index (κ3) is 21.0. The zero-order valence-electron chi connectivity index (χ0n) is 22.8. The Morgan fingerprint density at radius 2 is 1.27 bits per heavy atom. The highest BCUT2D eigenvalue weighted by Gasteiger charge is 1.91. The fourth-order valence-electron chi connectivity index (χ4n) is 2.48. The van der Waals surface area contributed by atoms with Gasteiger partial charge in [-0.15, -0.1) is 12.4 Å². The summed E-state index contributed by atoms with van der Waals surface area (Å²) < 4.78 is 9.67. The summed E-state index contributed by atoms with van der Waals surface area (Å²) in [6, 6.07) is 32.3. The number of aliphatic hydroxyl groups excluding tert-OH is 1. The number of hydrogen-bond donors (Lipinski definition) is 2. The molecule has 0 spiro atoms. The van der Waals surface area contributed by atoms with Crippen LogP contribution in [-0.4, -0.2) is 29.2 Å². The van der Waals surface area contributed by atoms with Crippen LogP contribution >= 0.6 is 12.4 Å². The molecule has 41 heavy (non-hydrogen) atoms. The van der Waals surface area contributed by atoms with E-state index in [1.54, 1.807) is 50.0 Å². The van der Waals surface area contributed by atoms with Gasteiger partial charge in [0.1, 0.15) is 18.6 Å². The second kappa shape index (κ2) is 27.0. The number of pyridine rings is 1. The van der Waals surface area contributed by atoms with Gasteiger partial charge in [-0.3, -0.25) is 14.6 Å². The maximum Gasteiger partial charge on any atom is 0.185 e. The van der Waals surface area contributed by atoms with Gasteiger partial charge in [0.25, 0.3) is 0 Å². The Labute approximate surface area is 246 Å². The molecular weight excluding hydrogens is 546 g/mol. The number of nitrogens with zero attached hydrogens (tertiary/aromatic N) is 2. The van der Waals surface area contributed by atoms with Crippen molar-refractivity contribution in [1.29, 1.82) is 0 Å². The van der Waals surface area contributed by atoms with Crippen molar-refractivity contribution in [2.45, 2.75) is 20.1 Å². The number of aliphatic hydroxyl groups is 1. The Bertz CT molecular complexity index is 1180. The van der Waals surface area contributed by atoms with Crippen LogP contribution in [0.4, 0.5) is 0 Å². The summed E-state index contributed by atoms with van der Waals surface area (Å²) >= 11 is 0. The first-order valence-corrected chi connectivity index (χ1v) is 12.3. The van der Waals surface area contributed by atoms with Crippen molar-refractivity contribution in [3.63, 3.8) is 0 Å². The molecule has 3 heterocycles. The monoisotopic (exact) mass is 581 g/mol. The lowest BCUT2D eigenvalue weighted by atomic mass is 10.2. The third-order valence-corrected chi connectivity index (χ3v) is 4.19. The molecule has 0 fully saturated rings. The van der Waals surface area contributed by atoms with E-state index in [4.69, 9.17) is 20.3 Å². The molecule has 10 heteroatoms. The number of rotatable bonds is 7. The first kappa shape index (κ1) is 36.5. The van der Waals surface area contributed by atoms with Crippen LogP contribution in [0.2, 0.25) is 0 Å². The number of aldehydes is 1. The standard InChI is InChI=1S/C12H11NO2.C7H9NO.C5H5N.C5H4O2.C2H6O.ClH/c1-2-5-11(6-3-1)10-15-13-9-12-7-4-8-14-12;8-9-6-7-4-2-1-3-5-7;1-2-4-6-5-3-1;6-4-5-2-1-3-7-5;1-2-3;/h1-9H,10H2;1-5H,6,8H2;1-5H;1-4H;3H,2H2,1H3;1H/b13-9+;;;;;. The van der Waals surface area contributed by atoms with E-state index in [2.05, 4.69) is 19.4 Å². The number of carbonyl (C=O) groups is 1. The fourth-order valence-corrected chi connectivity index (χ4v) is 2.48. The Hall–Kier alpha value is -4.54. The number of oxime groups is 1. The van der Waals surface area contributed by atoms with E-state index in [1.807, 2.05) is 84.9 Å². The summed E-state index contributed by atoms with van der Waals surface area (Å²) in [6.45, 7) is 2.89. The zero-order chi connectivity index (χ0) is 28.9. The Morgan fingerprint density at radius 1 is 0.780 bits per heavy atom. The highest BCUT2D eigenvalue weighted by atomic mass is 35.5. The molecule has 5 aromatic rings. The summed E-state index contributed by atoms with van der Waals surface area (Å²) in [7, 11) is 0. The molecule has 0 saturated heterocycles. The van der Waals surface area contributed by atoms with Crippen molar-refractivity contribution in [2.24, 2.45) is 11.1 Å². The quantitative estimate of drug-likeness (QED) is 0.126. The lowest BCUT2D eigenvalue weighted by molar-refractivity contribution is 0.110. The smallest absolute Gasteiger partial charge is 0.185 e. The van der Waals surface area contributed by atoms with Crippen LogP contribution in [0, 0.1) is 0 Å². The molecule has 0 amide bonds. The van der Waals surface area contributed by atoms with Gasteiger partial charge in [-0.25, -0.2) is 5.90 Å². The van der Waals surface area contributed by atoms with Crippen LogP contribution in [0.3, 0.4) is 0 Å². The van der Waals surface area contributed by atoms with Crippen LogP contribution < -0.4 is 5.90 Å². The number of carbonyl (C=O) groups excluding carboxylic acids is 1. The molecule has 0 aliphatic heterocycles. The molecule has 5 rings (SSSR count). The summed E-state index contributed by atoms with van der Waals surface area (Å²) in [5.74, 6) is 5.92. The summed E-state index contributed by atoms with van der Waals surface area (Å²) in [5, 5.41) is 11.4. The molecule has 9 nitrogen and oxygen atoms in total. The lowest BCUT2D eigenvalue weighted by Crippen LogP contribution is -1.97. The van der Waals surface area contributed by atoms with Crippen molar-refractivity contribution in [3.05, 3.63) is 151 Å². The molecule has 2 aromatic carbocycles. The maximum atomic E-state index is 9.77. The molecule has 0 radical (unpaired) electrons. The number of benzene rings is 2. The first-order valence-electron chi connectivity index (χ1n) is 12.3. The topological polar surface area (TPSA) is 133 Å². The van der Waals surface area contributed by atoms with E-state index in [0.717, 1.165) is 11.1 Å². The third-order valence-electron chi connectivity index (χ3n) is 4.19. The van der Waals surface area contributed by atoms with Gasteiger partial charge in [0.05, 0.1) is 19.1 Å². The van der Waals surface area contributed by atoms with Gasteiger partial charge in [-0.05, 0) is 54.4 Å². The van der Waals surface area contributed by atoms with Crippen molar-refractivity contribution >= 4 is 24.9 Å². The Balaban J connectivity index is 0.000000531. The largest absolute Gasteiger partial charge is 0.463 e. The summed E-state index contributed by atoms with van der Waals surface area (Å²) in [5.41, 5.74) is 2.19. The molecule has 0 bridgehead atoms. The maximum absolute atomic E-state index is 9.77.